The van der Waals surface area contributed by atoms with E-state index in [1.54, 1.807) is 30.3 Å². The molecule has 4 bridgehead atoms. The molecule has 3 aliphatic heterocycles. The lowest BCUT2D eigenvalue weighted by molar-refractivity contribution is -0.385. The van der Waals surface area contributed by atoms with Crippen LogP contribution in [0.4, 0.5) is 24.5 Å². The summed E-state index contributed by atoms with van der Waals surface area (Å²) in [5.74, 6) is -10.8. The zero-order valence-corrected chi connectivity index (χ0v) is 57.9. The van der Waals surface area contributed by atoms with E-state index in [1.807, 2.05) is 13.8 Å². The van der Waals surface area contributed by atoms with Crippen molar-refractivity contribution in [3.8, 4) is 28.7 Å². The first-order valence-electron chi connectivity index (χ1n) is 34.7. The molecule has 0 saturated carbocycles. The van der Waals surface area contributed by atoms with E-state index < -0.39 is 160 Å². The zero-order chi connectivity index (χ0) is 75.1. The highest BCUT2D eigenvalue weighted by molar-refractivity contribution is 5.94. The number of amides is 5. The number of hydrogen-bond donors (Lipinski definition) is 11. The second-order valence-corrected chi connectivity index (χ2v) is 25.9. The fourth-order valence-electron chi connectivity index (χ4n) is 11.6. The van der Waals surface area contributed by atoms with Crippen LogP contribution in [-0.4, -0.2) is 144 Å². The Kier molecular flexibility index (Phi) is 34.8. The minimum Gasteiger partial charge on any atom is -0.480 e. The summed E-state index contributed by atoms with van der Waals surface area (Å²) in [6, 6.07) is 9.02. The summed E-state index contributed by atoms with van der Waals surface area (Å²) in [5, 5.41) is 90.8. The average Bonchev–Trinajstić information content (AvgIpc) is 0.771. The van der Waals surface area contributed by atoms with Gasteiger partial charge in [0.15, 0.2) is 17.5 Å². The largest absolute Gasteiger partial charge is 0.490 e. The summed E-state index contributed by atoms with van der Waals surface area (Å²) >= 11 is 0. The molecule has 4 aromatic rings. The smallest absolute Gasteiger partial charge is 0.480 e. The van der Waals surface area contributed by atoms with Crippen LogP contribution in [0, 0.1) is 26.1 Å². The van der Waals surface area contributed by atoms with Gasteiger partial charge in [0.25, 0.3) is 5.69 Å². The first kappa shape index (κ1) is 83.6. The molecule has 1 fully saturated rings. The minimum absolute atomic E-state index is 0.0230. The highest BCUT2D eigenvalue weighted by atomic mass is 19.4. The van der Waals surface area contributed by atoms with Crippen molar-refractivity contribution in [2.24, 2.45) is 11.7 Å². The van der Waals surface area contributed by atoms with Crippen molar-refractivity contribution >= 4 is 52.8 Å². The van der Waals surface area contributed by atoms with Crippen LogP contribution in [0.1, 0.15) is 185 Å². The number of ether oxygens (including phenoxy) is 4. The maximum atomic E-state index is 15.4. The fraction of sp³-hybridized carbons (Fsp3) is 0.563. The van der Waals surface area contributed by atoms with Gasteiger partial charge in [-0.2, -0.15) is 13.2 Å². The van der Waals surface area contributed by atoms with E-state index in [0.29, 0.717) is 31.2 Å². The number of unbranched alkanes of at least 4 members (excludes halogenated alkanes) is 16. The summed E-state index contributed by atoms with van der Waals surface area (Å²) in [6.45, 7) is 7.07. The molecule has 5 amide bonds. The Morgan fingerprint density at radius 3 is 1.81 bits per heavy atom. The van der Waals surface area contributed by atoms with Gasteiger partial charge in [-0.1, -0.05) is 167 Å². The molecule has 28 nitrogen and oxygen atoms in total. The Morgan fingerprint density at radius 2 is 1.28 bits per heavy atom. The van der Waals surface area contributed by atoms with Crippen LogP contribution in [-0.2, 0) is 51.1 Å². The molecule has 0 aliphatic carbocycles. The first-order chi connectivity index (χ1) is 48.5. The number of rotatable bonds is 37. The molecular formula is C71H97F3N8O20. The molecule has 0 aromatic heterocycles. The lowest BCUT2D eigenvalue weighted by Crippen LogP contribution is -2.65. The molecule has 7 rings (SSSR count). The first-order valence-corrected chi connectivity index (χ1v) is 34.7. The van der Waals surface area contributed by atoms with Gasteiger partial charge in [0.1, 0.15) is 42.2 Å². The Morgan fingerprint density at radius 1 is 0.716 bits per heavy atom. The maximum Gasteiger partial charge on any atom is 0.490 e. The molecule has 1 saturated heterocycles. The quantitative estimate of drug-likeness (QED) is 0.0114. The summed E-state index contributed by atoms with van der Waals surface area (Å²) in [5.41, 5.74) is 5.56. The van der Waals surface area contributed by atoms with Crippen LogP contribution in [0.3, 0.4) is 0 Å². The number of halogens is 3. The third-order valence-electron chi connectivity index (χ3n) is 17.1. The lowest BCUT2D eigenvalue weighted by atomic mass is 9.95. The Bertz CT molecular complexity index is 3390. The molecule has 3 heterocycles. The highest BCUT2D eigenvalue weighted by Crippen LogP contribution is 2.48. The number of nitro benzene ring substituents is 2. The predicted octanol–water partition coefficient (Wildman–Crippen LogP) is 9.73. The number of alkyl halides is 3. The molecule has 12 N–H and O–H groups in total. The molecule has 31 heteroatoms. The number of aliphatic hydroxyl groups is 3. The lowest BCUT2D eigenvalue weighted by Gasteiger charge is -2.42. The molecular weight excluding hydrogens is 1340 g/mol. The monoisotopic (exact) mass is 1440 g/mol. The van der Waals surface area contributed by atoms with E-state index in [0.717, 1.165) is 120 Å². The topological polar surface area (TPSA) is 430 Å². The number of carbonyl (C=O) groups is 7. The van der Waals surface area contributed by atoms with Crippen LogP contribution in [0.15, 0.2) is 84.9 Å². The van der Waals surface area contributed by atoms with Gasteiger partial charge in [-0.15, -0.1) is 0 Å². The number of hydrogen-bond acceptors (Lipinski definition) is 19. The molecule has 0 spiro atoms. The van der Waals surface area contributed by atoms with E-state index in [-0.39, 0.29) is 54.2 Å². The van der Waals surface area contributed by atoms with E-state index in [4.69, 9.17) is 34.6 Å². The van der Waals surface area contributed by atoms with Gasteiger partial charge in [0.2, 0.25) is 47.3 Å². The number of fused-ring (bicyclic) bond motifs is 9. The number of nitro groups is 2. The van der Waals surface area contributed by atoms with Gasteiger partial charge in [-0.3, -0.25) is 44.2 Å². The van der Waals surface area contributed by atoms with E-state index in [1.165, 1.54) is 24.3 Å². The van der Waals surface area contributed by atoms with Crippen molar-refractivity contribution in [2.45, 2.75) is 242 Å². The Labute approximate surface area is 589 Å². The Hall–Kier alpha value is -9.04. The normalized spacial score (nSPS) is 19.7. The number of nitrogens with two attached hydrogens (primary N) is 1. The highest BCUT2D eigenvalue weighted by Gasteiger charge is 2.48. The standard InChI is InChI=1S/C69H96N8O18.C2HF3O2/c1-5-7-9-11-13-15-17-19-24-28-57(79)73-60(68(86)87)59-46-40-54(92-48-33-31-47(32-34-48)76(88)89)64(95-69-61(63(82)62(81)56(42-78)94-69)74-58(80)29-25-20-18-16-14-12-10-8-6-2)55(41-46)93-53-35-30-45(39-52(53)77(90)91)38-51(71-65(83)49(70)36-43(3)4)66(84)72-50(67(85)75-59)37-44-26-22-21-23-27-44;3-2(4,5)1(6)7/h21-23,26-27,30-35,39-41,43,49-51,56,59-63,69,78,81-82H,5-20,24-25,28-29,36-38,42,70H2,1-4H3,(H,71,83)(H,72,84)(H,73,79)(H,74,80)(H,75,85)(H,86,87);(H,6,7)/t49-,50-,51+,56-,59-,60-,61-,62-,63-,69+;/m1./s1. The Balaban J connectivity index is 0.00000253. The van der Waals surface area contributed by atoms with E-state index in [9.17, 15) is 77.8 Å². The van der Waals surface area contributed by atoms with Crippen molar-refractivity contribution in [2.75, 3.05) is 6.61 Å². The molecule has 4 aromatic carbocycles. The van der Waals surface area contributed by atoms with Crippen molar-refractivity contribution in [1.82, 2.24) is 26.6 Å². The van der Waals surface area contributed by atoms with Crippen LogP contribution in [0.25, 0.3) is 0 Å². The predicted molar refractivity (Wildman–Crippen MR) is 366 cm³/mol. The number of carboxylic acids is 2. The van der Waals surface area contributed by atoms with Crippen molar-refractivity contribution < 1.29 is 101 Å². The van der Waals surface area contributed by atoms with Crippen LogP contribution >= 0.6 is 0 Å². The third kappa shape index (κ3) is 27.4. The maximum absolute atomic E-state index is 15.4. The van der Waals surface area contributed by atoms with Crippen molar-refractivity contribution in [1.29, 1.82) is 0 Å². The number of carboxylic acid groups (broad SMARTS) is 2. The number of non-ortho nitro benzene ring substituents is 1. The molecule has 0 radical (unpaired) electrons. The summed E-state index contributed by atoms with van der Waals surface area (Å²) in [4.78, 5) is 119. The number of aliphatic carboxylic acids is 2. The number of nitrogens with one attached hydrogen (secondary N) is 5. The second-order valence-electron chi connectivity index (χ2n) is 25.9. The average molecular weight is 1440 g/mol. The van der Waals surface area contributed by atoms with Gasteiger partial charge < -0.3 is 76.8 Å². The van der Waals surface area contributed by atoms with E-state index >= 15 is 4.79 Å². The fourth-order valence-corrected chi connectivity index (χ4v) is 11.6. The zero-order valence-electron chi connectivity index (χ0n) is 57.9. The van der Waals surface area contributed by atoms with Gasteiger partial charge in [-0.25, -0.2) is 9.59 Å². The summed E-state index contributed by atoms with van der Waals surface area (Å²) in [7, 11) is 0. The van der Waals surface area contributed by atoms with Crippen molar-refractivity contribution in [3.63, 3.8) is 0 Å². The molecule has 0 unspecified atom stereocenters. The summed E-state index contributed by atoms with van der Waals surface area (Å²) in [6.07, 6.45) is 3.94. The number of aliphatic hydroxyl groups excluding tert-OH is 3. The van der Waals surface area contributed by atoms with Gasteiger partial charge >= 0.3 is 23.8 Å². The molecule has 562 valence electrons. The van der Waals surface area contributed by atoms with Crippen molar-refractivity contribution in [3.05, 3.63) is 122 Å². The minimum atomic E-state index is -5.08. The van der Waals surface area contributed by atoms with Crippen LogP contribution in [0.5, 0.6) is 28.7 Å². The molecule has 10 atom stereocenters. The van der Waals surface area contributed by atoms with Gasteiger partial charge in [0.05, 0.1) is 28.5 Å². The number of benzene rings is 4. The van der Waals surface area contributed by atoms with Crippen LogP contribution < -0.4 is 46.5 Å². The van der Waals surface area contributed by atoms with Gasteiger partial charge in [0, 0.05) is 43.9 Å². The SMILES string of the molecule is CCCCCCCCCCCC(=O)N[C@H]1[C@H](Oc2c(Oc3ccc([N+](=O)[O-])cc3)cc3cc2Oc2ccc(cc2[N+](=O)[O-])C[C@H](NC(=O)[C@H](N)CC(C)C)C(=O)N[C@H](Cc2ccccc2)C(=O)N[C@H]3[C@@H](NC(=O)CCCCCCCCCCC)C(=O)O)O[C@H](CO)[C@@H](O)[C@@H]1O.O=C(O)C(F)(F)F. The number of carbonyl (C=O) groups excluding carboxylic acids is 5. The molecule has 3 aliphatic rings. The summed E-state index contributed by atoms with van der Waals surface area (Å²) < 4.78 is 57.5. The van der Waals surface area contributed by atoms with E-state index in [2.05, 4.69) is 40.4 Å². The second kappa shape index (κ2) is 42.4. The third-order valence-corrected chi connectivity index (χ3v) is 17.1. The number of nitrogens with zero attached hydrogens (tertiary/aromatic N) is 2. The van der Waals surface area contributed by atoms with Gasteiger partial charge in [-0.05, 0) is 72.2 Å². The van der Waals surface area contributed by atoms with Crippen LogP contribution in [0.2, 0.25) is 0 Å². The molecule has 102 heavy (non-hydrogen) atoms.